The SMILES string of the molecule is COc1c(-c2cc3cc(C(N)=NCCN(C)C)ccc3[nH]2)c(F)cc2c(=O)c(C(=O)O)cn(C3CC3)c12. The molecule has 0 aliphatic heterocycles. The molecule has 2 aromatic heterocycles. The first-order valence-corrected chi connectivity index (χ1v) is 12.0. The van der Waals surface area contributed by atoms with Crippen LogP contribution in [0.25, 0.3) is 33.1 Å². The minimum absolute atomic E-state index is 0.0217. The highest BCUT2D eigenvalue weighted by molar-refractivity contribution is 6.02. The maximum atomic E-state index is 15.6. The molecule has 5 rings (SSSR count). The van der Waals surface area contributed by atoms with Gasteiger partial charge in [0, 0.05) is 35.2 Å². The molecule has 1 aliphatic rings. The highest BCUT2D eigenvalue weighted by Crippen LogP contribution is 2.44. The van der Waals surface area contributed by atoms with Crippen LogP contribution in [-0.2, 0) is 0 Å². The molecule has 1 aliphatic carbocycles. The van der Waals surface area contributed by atoms with Crippen molar-refractivity contribution in [3.63, 3.8) is 0 Å². The van der Waals surface area contributed by atoms with Gasteiger partial charge in [0.15, 0.2) is 5.75 Å². The maximum Gasteiger partial charge on any atom is 0.341 e. The van der Waals surface area contributed by atoms with Gasteiger partial charge in [-0.25, -0.2) is 9.18 Å². The molecule has 4 aromatic rings. The molecular weight excluding hydrogens is 477 g/mol. The number of amidine groups is 1. The van der Waals surface area contributed by atoms with E-state index >= 15 is 4.39 Å². The second kappa shape index (κ2) is 9.36. The first-order chi connectivity index (χ1) is 17.7. The first kappa shape index (κ1) is 24.5. The van der Waals surface area contributed by atoms with Crippen molar-refractivity contribution < 1.29 is 19.0 Å². The number of nitrogens with zero attached hydrogens (tertiary/aromatic N) is 3. The van der Waals surface area contributed by atoms with Gasteiger partial charge in [0.25, 0.3) is 0 Å². The number of nitrogens with one attached hydrogen (secondary N) is 1. The highest BCUT2D eigenvalue weighted by atomic mass is 19.1. The number of fused-ring (bicyclic) bond motifs is 2. The minimum Gasteiger partial charge on any atom is -0.494 e. The molecule has 1 saturated carbocycles. The third kappa shape index (κ3) is 4.44. The molecule has 1 fully saturated rings. The molecule has 0 saturated heterocycles. The summed E-state index contributed by atoms with van der Waals surface area (Å²) >= 11 is 0. The summed E-state index contributed by atoms with van der Waals surface area (Å²) in [6.07, 6.45) is 3.00. The van der Waals surface area contributed by atoms with Gasteiger partial charge < -0.3 is 30.0 Å². The summed E-state index contributed by atoms with van der Waals surface area (Å²) in [5.41, 5.74) is 7.58. The van der Waals surface area contributed by atoms with Crippen molar-refractivity contribution in [1.82, 2.24) is 14.5 Å². The summed E-state index contributed by atoms with van der Waals surface area (Å²) in [4.78, 5) is 34.3. The van der Waals surface area contributed by atoms with Gasteiger partial charge in [-0.2, -0.15) is 0 Å². The predicted molar refractivity (Wildman–Crippen MR) is 141 cm³/mol. The van der Waals surface area contributed by atoms with Gasteiger partial charge >= 0.3 is 5.97 Å². The van der Waals surface area contributed by atoms with Gasteiger partial charge in [-0.3, -0.25) is 9.79 Å². The van der Waals surface area contributed by atoms with Gasteiger partial charge in [-0.1, -0.05) is 0 Å². The zero-order valence-corrected chi connectivity index (χ0v) is 20.8. The standard InChI is InChI=1S/C27H28FN5O4/c1-32(2)9-8-30-26(29)14-4-7-20-15(10-14)11-21(31-20)22-19(28)12-17-23(25(22)37-3)33(16-5-6-16)13-18(24(17)34)27(35)36/h4,7,10-13,16,31H,5-6,8-9H2,1-3H3,(H2,29,30)(H,35,36). The number of carboxylic acids is 1. The van der Waals surface area contributed by atoms with E-state index in [0.717, 1.165) is 41.9 Å². The zero-order chi connectivity index (χ0) is 26.4. The minimum atomic E-state index is -1.35. The van der Waals surface area contributed by atoms with Crippen LogP contribution in [0.4, 0.5) is 4.39 Å². The smallest absolute Gasteiger partial charge is 0.341 e. The monoisotopic (exact) mass is 505 g/mol. The molecule has 192 valence electrons. The molecule has 0 unspecified atom stereocenters. The average molecular weight is 506 g/mol. The van der Waals surface area contributed by atoms with E-state index in [1.165, 1.54) is 13.3 Å². The number of nitrogens with two attached hydrogens (primary N) is 1. The number of ether oxygens (including phenoxy) is 1. The quantitative estimate of drug-likeness (QED) is 0.248. The summed E-state index contributed by atoms with van der Waals surface area (Å²) < 4.78 is 23.0. The lowest BCUT2D eigenvalue weighted by Gasteiger charge is -2.17. The summed E-state index contributed by atoms with van der Waals surface area (Å²) in [5.74, 6) is -1.44. The van der Waals surface area contributed by atoms with Gasteiger partial charge in [-0.15, -0.1) is 0 Å². The summed E-state index contributed by atoms with van der Waals surface area (Å²) in [7, 11) is 5.35. The Morgan fingerprint density at radius 3 is 2.70 bits per heavy atom. The number of methoxy groups -OCH3 is 1. The highest BCUT2D eigenvalue weighted by Gasteiger charge is 2.30. The Hall–Kier alpha value is -4.18. The van der Waals surface area contributed by atoms with Gasteiger partial charge in [0.1, 0.15) is 17.2 Å². The van der Waals surface area contributed by atoms with Crippen molar-refractivity contribution in [3.8, 4) is 17.0 Å². The fraction of sp³-hybridized carbons (Fsp3) is 0.296. The van der Waals surface area contributed by atoms with Crippen LogP contribution < -0.4 is 15.9 Å². The lowest BCUT2D eigenvalue weighted by Crippen LogP contribution is -2.19. The number of halogens is 1. The fourth-order valence-electron chi connectivity index (χ4n) is 4.58. The van der Waals surface area contributed by atoms with Crippen LogP contribution in [0.3, 0.4) is 0 Å². The number of carbonyl (C=O) groups is 1. The molecule has 2 aromatic carbocycles. The Kier molecular flexibility index (Phi) is 6.20. The number of aromatic nitrogens is 2. The van der Waals surface area contributed by atoms with Crippen LogP contribution >= 0.6 is 0 Å². The number of carboxylic acid groups (broad SMARTS) is 1. The average Bonchev–Trinajstić information content (AvgIpc) is 3.61. The maximum absolute atomic E-state index is 15.6. The lowest BCUT2D eigenvalue weighted by atomic mass is 10.0. The fourth-order valence-corrected chi connectivity index (χ4v) is 4.58. The summed E-state index contributed by atoms with van der Waals surface area (Å²) in [5, 5.41) is 10.3. The van der Waals surface area contributed by atoms with Gasteiger partial charge in [0.2, 0.25) is 5.43 Å². The number of aliphatic imine (C=N–C) groups is 1. The number of pyridine rings is 1. The normalized spacial score (nSPS) is 14.1. The second-order valence-corrected chi connectivity index (χ2v) is 9.53. The molecule has 0 amide bonds. The molecule has 9 nitrogen and oxygen atoms in total. The first-order valence-electron chi connectivity index (χ1n) is 12.0. The number of hydrogen-bond acceptors (Lipinski definition) is 5. The predicted octanol–water partition coefficient (Wildman–Crippen LogP) is 3.60. The van der Waals surface area contributed by atoms with Crippen molar-refractivity contribution >= 4 is 33.6 Å². The van der Waals surface area contributed by atoms with Crippen molar-refractivity contribution in [2.45, 2.75) is 18.9 Å². The van der Waals surface area contributed by atoms with Crippen molar-refractivity contribution in [2.24, 2.45) is 10.7 Å². The van der Waals surface area contributed by atoms with E-state index < -0.39 is 22.8 Å². The van der Waals surface area contributed by atoms with Crippen LogP contribution in [0, 0.1) is 5.82 Å². The Balaban J connectivity index is 1.66. The molecule has 0 radical (unpaired) electrons. The zero-order valence-electron chi connectivity index (χ0n) is 20.8. The Morgan fingerprint density at radius 1 is 1.30 bits per heavy atom. The number of aromatic amines is 1. The van der Waals surface area contributed by atoms with E-state index in [0.29, 0.717) is 23.6 Å². The topological polar surface area (TPSA) is 126 Å². The van der Waals surface area contributed by atoms with Crippen molar-refractivity contribution in [2.75, 3.05) is 34.3 Å². The van der Waals surface area contributed by atoms with Crippen LogP contribution in [-0.4, -0.2) is 65.7 Å². The summed E-state index contributed by atoms with van der Waals surface area (Å²) in [6.45, 7) is 1.35. The lowest BCUT2D eigenvalue weighted by molar-refractivity contribution is 0.0694. The number of likely N-dealkylation sites (N-methyl/N-ethyl adjacent to an activating group) is 1. The molecule has 0 atom stereocenters. The van der Waals surface area contributed by atoms with Gasteiger partial charge in [0.05, 0.1) is 35.8 Å². The summed E-state index contributed by atoms with van der Waals surface area (Å²) in [6, 6.07) is 8.51. The largest absolute Gasteiger partial charge is 0.494 e. The van der Waals surface area contributed by atoms with Gasteiger partial charge in [-0.05, 0) is 57.3 Å². The van der Waals surface area contributed by atoms with Crippen LogP contribution in [0.5, 0.6) is 5.75 Å². The molecule has 0 bridgehead atoms. The third-order valence-electron chi connectivity index (χ3n) is 6.61. The number of H-pyrrole nitrogens is 1. The second-order valence-electron chi connectivity index (χ2n) is 9.53. The molecule has 10 heteroatoms. The van der Waals surface area contributed by atoms with Crippen LogP contribution in [0.1, 0.15) is 34.8 Å². The van der Waals surface area contributed by atoms with Crippen molar-refractivity contribution in [1.29, 1.82) is 0 Å². The Morgan fingerprint density at radius 2 is 2.05 bits per heavy atom. The number of benzene rings is 2. The van der Waals surface area contributed by atoms with E-state index in [1.807, 2.05) is 37.2 Å². The van der Waals surface area contributed by atoms with Crippen LogP contribution in [0.2, 0.25) is 0 Å². The Labute approximate surface area is 212 Å². The number of aromatic carboxylic acids is 1. The molecule has 4 N–H and O–H groups in total. The van der Waals surface area contributed by atoms with E-state index in [9.17, 15) is 14.7 Å². The third-order valence-corrected chi connectivity index (χ3v) is 6.61. The number of hydrogen-bond donors (Lipinski definition) is 3. The molecule has 2 heterocycles. The Bertz CT molecular complexity index is 1630. The molecule has 37 heavy (non-hydrogen) atoms. The van der Waals surface area contributed by atoms with Crippen molar-refractivity contribution in [3.05, 3.63) is 63.7 Å². The van der Waals surface area contributed by atoms with E-state index in [4.69, 9.17) is 10.5 Å². The van der Waals surface area contributed by atoms with E-state index in [1.54, 1.807) is 10.6 Å². The number of rotatable bonds is 8. The molecular formula is C27H28FN5O4. The van der Waals surface area contributed by atoms with E-state index in [-0.39, 0.29) is 22.7 Å². The van der Waals surface area contributed by atoms with Crippen LogP contribution in [0.15, 0.2) is 46.3 Å². The molecule has 0 spiro atoms. The van der Waals surface area contributed by atoms with E-state index in [2.05, 4.69) is 9.98 Å².